The molecule has 1 unspecified atom stereocenters. The van der Waals surface area contributed by atoms with Gasteiger partial charge in [0.2, 0.25) is 5.95 Å². The zero-order valence-electron chi connectivity index (χ0n) is 26.7. The smallest absolute Gasteiger partial charge is 0.416 e. The van der Waals surface area contributed by atoms with Gasteiger partial charge in [0.15, 0.2) is 15.6 Å². The second-order valence-corrected chi connectivity index (χ2v) is 14.2. The third kappa shape index (κ3) is 9.94. The maximum atomic E-state index is 13.8. The molecule has 2 heterocycles. The number of nitrogens with zero attached hydrogens (tertiary/aromatic N) is 5. The van der Waals surface area contributed by atoms with E-state index in [1.807, 2.05) is 19.9 Å². The van der Waals surface area contributed by atoms with Gasteiger partial charge in [-0.15, -0.1) is 0 Å². The zero-order valence-corrected chi connectivity index (χ0v) is 27.5. The van der Waals surface area contributed by atoms with Crippen LogP contribution in [0.15, 0.2) is 42.7 Å². The van der Waals surface area contributed by atoms with Crippen LogP contribution >= 0.6 is 0 Å². The third-order valence-electron chi connectivity index (χ3n) is 8.22. The number of hydrogen-bond acceptors (Lipinski definition) is 8. The lowest BCUT2D eigenvalue weighted by molar-refractivity contribution is -0.143. The van der Waals surface area contributed by atoms with Crippen LogP contribution in [0.5, 0.6) is 5.75 Å². The van der Waals surface area contributed by atoms with Crippen LogP contribution in [0.2, 0.25) is 0 Å². The molecule has 15 heteroatoms. The maximum Gasteiger partial charge on any atom is 0.416 e. The van der Waals surface area contributed by atoms with Gasteiger partial charge in [-0.1, -0.05) is 18.9 Å². The van der Waals surface area contributed by atoms with Crippen molar-refractivity contribution in [2.45, 2.75) is 71.4 Å². The molecule has 1 fully saturated rings. The number of benzene rings is 1. The van der Waals surface area contributed by atoms with E-state index in [9.17, 15) is 34.8 Å². The first-order valence-electron chi connectivity index (χ1n) is 15.3. The summed E-state index contributed by atoms with van der Waals surface area (Å²) in [6.45, 7) is 6.63. The Morgan fingerprint density at radius 1 is 0.979 bits per heavy atom. The minimum absolute atomic E-state index is 0.0107. The quantitative estimate of drug-likeness (QED) is 0.172. The highest BCUT2D eigenvalue weighted by molar-refractivity contribution is 7.90. The van der Waals surface area contributed by atoms with Crippen molar-refractivity contribution in [1.82, 2.24) is 15.0 Å². The predicted molar refractivity (Wildman–Crippen MR) is 167 cm³/mol. The monoisotopic (exact) mass is 687 g/mol. The Labute approximate surface area is 271 Å². The van der Waals surface area contributed by atoms with E-state index in [1.165, 1.54) is 24.2 Å². The van der Waals surface area contributed by atoms with Crippen LogP contribution in [0.3, 0.4) is 0 Å². The second-order valence-electron chi connectivity index (χ2n) is 12.0. The van der Waals surface area contributed by atoms with Crippen molar-refractivity contribution in [2.24, 2.45) is 5.92 Å². The Bertz CT molecular complexity index is 1580. The second kappa shape index (κ2) is 14.7. The zero-order chi connectivity index (χ0) is 34.6. The lowest BCUT2D eigenvalue weighted by Crippen LogP contribution is -2.33. The molecule has 258 valence electrons. The fourth-order valence-corrected chi connectivity index (χ4v) is 6.03. The third-order valence-corrected chi connectivity index (χ3v) is 9.13. The van der Waals surface area contributed by atoms with Gasteiger partial charge in [0.1, 0.15) is 12.4 Å². The van der Waals surface area contributed by atoms with Gasteiger partial charge in [-0.05, 0) is 69.4 Å². The molecule has 1 aliphatic rings. The van der Waals surface area contributed by atoms with Crippen LogP contribution in [0.1, 0.15) is 73.5 Å². The topological polar surface area (TPSA) is 88.5 Å². The number of hydrogen-bond donors (Lipinski definition) is 0. The number of rotatable bonds is 13. The SMILES string of the molecule is CCN(CC1CCCC1)c1nc(C)ccc1CN(c1ncc(OCCS(C)(=O)=O)cn1)C(C)c1cc(C(F)(F)F)cc(C(F)(F)F)c1. The summed E-state index contributed by atoms with van der Waals surface area (Å²) in [6, 6.07) is 4.12. The molecule has 0 radical (unpaired) electrons. The van der Waals surface area contributed by atoms with Crippen LogP contribution < -0.4 is 14.5 Å². The van der Waals surface area contributed by atoms with Gasteiger partial charge in [0.25, 0.3) is 0 Å². The molecular weight excluding hydrogens is 648 g/mol. The van der Waals surface area contributed by atoms with Crippen molar-refractivity contribution >= 4 is 21.6 Å². The Morgan fingerprint density at radius 2 is 1.57 bits per heavy atom. The summed E-state index contributed by atoms with van der Waals surface area (Å²) in [4.78, 5) is 17.2. The lowest BCUT2D eigenvalue weighted by atomic mass is 9.99. The van der Waals surface area contributed by atoms with Crippen LogP contribution in [-0.4, -0.2) is 55.1 Å². The molecule has 4 rings (SSSR count). The lowest BCUT2D eigenvalue weighted by Gasteiger charge is -2.33. The maximum absolute atomic E-state index is 13.8. The number of aromatic nitrogens is 3. The van der Waals surface area contributed by atoms with E-state index in [0.29, 0.717) is 36.0 Å². The minimum Gasteiger partial charge on any atom is -0.489 e. The fourth-order valence-electron chi connectivity index (χ4n) is 5.65. The molecule has 47 heavy (non-hydrogen) atoms. The summed E-state index contributed by atoms with van der Waals surface area (Å²) < 4.78 is 111. The van der Waals surface area contributed by atoms with Crippen LogP contribution in [0, 0.1) is 12.8 Å². The number of ether oxygens (including phenoxy) is 1. The minimum atomic E-state index is -5.02. The summed E-state index contributed by atoms with van der Waals surface area (Å²) >= 11 is 0. The summed E-state index contributed by atoms with van der Waals surface area (Å²) in [5.41, 5.74) is -1.62. The molecule has 1 aliphatic carbocycles. The van der Waals surface area contributed by atoms with E-state index in [0.717, 1.165) is 44.2 Å². The molecule has 0 spiro atoms. The normalized spacial score (nSPS) is 15.1. The first-order chi connectivity index (χ1) is 21.9. The van der Waals surface area contributed by atoms with E-state index >= 15 is 0 Å². The highest BCUT2D eigenvalue weighted by Crippen LogP contribution is 2.39. The summed E-state index contributed by atoms with van der Waals surface area (Å²) in [6.07, 6.45) is -1.89. The highest BCUT2D eigenvalue weighted by Gasteiger charge is 2.38. The molecule has 1 aromatic carbocycles. The molecule has 0 bridgehead atoms. The van der Waals surface area contributed by atoms with E-state index in [1.54, 1.807) is 6.07 Å². The van der Waals surface area contributed by atoms with Crippen molar-refractivity contribution in [3.05, 3.63) is 70.7 Å². The molecular formula is C32H39F6N5O3S. The molecule has 0 aliphatic heterocycles. The van der Waals surface area contributed by atoms with Gasteiger partial charge >= 0.3 is 12.4 Å². The number of pyridine rings is 1. The molecule has 0 amide bonds. The number of aryl methyl sites for hydroxylation is 1. The summed E-state index contributed by atoms with van der Waals surface area (Å²) in [7, 11) is -3.29. The van der Waals surface area contributed by atoms with Crippen LogP contribution in [-0.2, 0) is 28.7 Å². The first-order valence-corrected chi connectivity index (χ1v) is 17.4. The number of alkyl halides is 6. The van der Waals surface area contributed by atoms with Gasteiger partial charge in [0.05, 0.1) is 41.9 Å². The van der Waals surface area contributed by atoms with Crippen molar-refractivity contribution in [2.75, 3.05) is 41.5 Å². The Hall–Kier alpha value is -3.62. The molecule has 3 aromatic rings. The van der Waals surface area contributed by atoms with E-state index in [4.69, 9.17) is 9.72 Å². The largest absolute Gasteiger partial charge is 0.489 e. The van der Waals surface area contributed by atoms with Crippen molar-refractivity contribution in [3.8, 4) is 5.75 Å². The predicted octanol–water partition coefficient (Wildman–Crippen LogP) is 7.43. The molecule has 8 nitrogen and oxygen atoms in total. The van der Waals surface area contributed by atoms with E-state index < -0.39 is 39.4 Å². The van der Waals surface area contributed by atoms with Crippen LogP contribution in [0.4, 0.5) is 38.1 Å². The van der Waals surface area contributed by atoms with Gasteiger partial charge in [-0.3, -0.25) is 0 Å². The molecule has 1 saturated carbocycles. The Kier molecular flexibility index (Phi) is 11.3. The van der Waals surface area contributed by atoms with Gasteiger partial charge in [0, 0.05) is 30.6 Å². The van der Waals surface area contributed by atoms with Gasteiger partial charge in [-0.2, -0.15) is 26.3 Å². The van der Waals surface area contributed by atoms with Gasteiger partial charge in [-0.25, -0.2) is 23.4 Å². The summed E-state index contributed by atoms with van der Waals surface area (Å²) in [5.74, 6) is 1.09. The average Bonchev–Trinajstić information content (AvgIpc) is 3.51. The van der Waals surface area contributed by atoms with Crippen molar-refractivity contribution in [1.29, 1.82) is 0 Å². The number of sulfone groups is 1. The standard InChI is InChI=1S/C32H39F6N5O3S/c1-5-42(19-23-8-6-7-9-23)29-24(11-10-21(2)41-29)20-43(30-39-17-28(18-40-30)46-12-13-47(4,44)45)22(3)25-14-26(31(33,34)35)16-27(15-25)32(36,37)38/h10-11,14-18,22-23H,5-9,12-13,19-20H2,1-4H3. The highest BCUT2D eigenvalue weighted by atomic mass is 32.2. The van der Waals surface area contributed by atoms with Gasteiger partial charge < -0.3 is 14.5 Å². The van der Waals surface area contributed by atoms with Crippen molar-refractivity contribution < 1.29 is 39.5 Å². The molecule has 0 saturated heterocycles. The van der Waals surface area contributed by atoms with Crippen LogP contribution in [0.25, 0.3) is 0 Å². The Morgan fingerprint density at radius 3 is 2.11 bits per heavy atom. The summed E-state index contributed by atoms with van der Waals surface area (Å²) in [5, 5.41) is 0. The first kappa shape index (κ1) is 36.2. The Balaban J connectivity index is 1.77. The van der Waals surface area contributed by atoms with E-state index in [2.05, 4.69) is 14.9 Å². The van der Waals surface area contributed by atoms with Crippen molar-refractivity contribution in [3.63, 3.8) is 0 Å². The average molecular weight is 688 g/mol. The number of anilines is 2. The number of halogens is 6. The molecule has 0 N–H and O–H groups in total. The van der Waals surface area contributed by atoms with E-state index in [-0.39, 0.29) is 42.2 Å². The fraction of sp³-hybridized carbons (Fsp3) is 0.531. The molecule has 2 aromatic heterocycles. The molecule has 1 atom stereocenters.